The Hall–Kier alpha value is -1.02. The lowest BCUT2D eigenvalue weighted by molar-refractivity contribution is 0.237. The topological polar surface area (TPSA) is 32.3 Å². The summed E-state index contributed by atoms with van der Waals surface area (Å²) in [5.74, 6) is 1.06. The number of aromatic hydroxyl groups is 1. The number of para-hydroxylation sites is 1. The van der Waals surface area contributed by atoms with E-state index >= 15 is 0 Å². The van der Waals surface area contributed by atoms with Gasteiger partial charge in [0.2, 0.25) is 0 Å². The molecule has 0 fully saturated rings. The van der Waals surface area contributed by atoms with Gasteiger partial charge in [0.05, 0.1) is 0 Å². The maximum absolute atomic E-state index is 9.90. The maximum atomic E-state index is 9.90. The highest BCUT2D eigenvalue weighted by Gasteiger charge is 2.21. The molecule has 17 heavy (non-hydrogen) atoms. The summed E-state index contributed by atoms with van der Waals surface area (Å²) in [4.78, 5) is 0. The van der Waals surface area contributed by atoms with Crippen molar-refractivity contribution in [3.63, 3.8) is 0 Å². The van der Waals surface area contributed by atoms with Crippen molar-refractivity contribution in [3.8, 4) is 5.75 Å². The van der Waals surface area contributed by atoms with E-state index in [-0.39, 0.29) is 5.41 Å². The summed E-state index contributed by atoms with van der Waals surface area (Å²) in [5, 5.41) is 13.3. The molecular formula is C15H25NO. The molecule has 0 bridgehead atoms. The lowest BCUT2D eigenvalue weighted by Gasteiger charge is -2.29. The minimum absolute atomic E-state index is 0.277. The van der Waals surface area contributed by atoms with Crippen LogP contribution in [0.5, 0.6) is 5.75 Å². The molecule has 1 aromatic rings. The van der Waals surface area contributed by atoms with E-state index in [4.69, 9.17) is 0 Å². The molecule has 2 heteroatoms. The van der Waals surface area contributed by atoms with Crippen molar-refractivity contribution in [3.05, 3.63) is 29.3 Å². The van der Waals surface area contributed by atoms with Gasteiger partial charge in [-0.25, -0.2) is 0 Å². The van der Waals surface area contributed by atoms with Gasteiger partial charge in [-0.05, 0) is 23.8 Å². The Kier molecular flexibility index (Phi) is 4.58. The molecule has 0 heterocycles. The van der Waals surface area contributed by atoms with Gasteiger partial charge in [-0.1, -0.05) is 45.9 Å². The number of phenols is 1. The van der Waals surface area contributed by atoms with Crippen molar-refractivity contribution in [2.45, 2.75) is 41.2 Å². The second-order valence-corrected chi connectivity index (χ2v) is 5.83. The van der Waals surface area contributed by atoms with Gasteiger partial charge in [-0.2, -0.15) is 0 Å². The summed E-state index contributed by atoms with van der Waals surface area (Å²) >= 11 is 0. The third kappa shape index (κ3) is 3.74. The summed E-state index contributed by atoms with van der Waals surface area (Å²) in [7, 11) is 0. The van der Waals surface area contributed by atoms with Crippen molar-refractivity contribution >= 4 is 0 Å². The number of hydrogen-bond acceptors (Lipinski definition) is 2. The van der Waals surface area contributed by atoms with Crippen LogP contribution in [0.25, 0.3) is 0 Å². The van der Waals surface area contributed by atoms with Gasteiger partial charge in [-0.3, -0.25) is 0 Å². The predicted octanol–water partition coefficient (Wildman–Crippen LogP) is 3.47. The summed E-state index contributed by atoms with van der Waals surface area (Å²) in [5.41, 5.74) is 2.19. The first-order valence-corrected chi connectivity index (χ1v) is 6.33. The van der Waals surface area contributed by atoms with Crippen molar-refractivity contribution in [2.24, 2.45) is 11.3 Å². The van der Waals surface area contributed by atoms with Crippen LogP contribution in [0.3, 0.4) is 0 Å². The highest BCUT2D eigenvalue weighted by Crippen LogP contribution is 2.25. The molecule has 0 saturated carbocycles. The molecule has 0 unspecified atom stereocenters. The number of phenolic OH excluding ortho intramolecular Hbond substituents is 1. The smallest absolute Gasteiger partial charge is 0.122 e. The highest BCUT2D eigenvalue weighted by molar-refractivity contribution is 5.39. The van der Waals surface area contributed by atoms with Gasteiger partial charge in [0.25, 0.3) is 0 Å². The average Bonchev–Trinajstić information content (AvgIpc) is 2.24. The molecule has 0 radical (unpaired) electrons. The van der Waals surface area contributed by atoms with Crippen molar-refractivity contribution in [2.75, 3.05) is 6.54 Å². The van der Waals surface area contributed by atoms with Crippen LogP contribution in [0, 0.1) is 18.3 Å². The predicted molar refractivity (Wildman–Crippen MR) is 73.2 cm³/mol. The van der Waals surface area contributed by atoms with Gasteiger partial charge in [0, 0.05) is 18.7 Å². The molecule has 2 nitrogen and oxygen atoms in total. The van der Waals surface area contributed by atoms with Crippen molar-refractivity contribution in [1.82, 2.24) is 5.32 Å². The normalized spacial score (nSPS) is 12.1. The maximum Gasteiger partial charge on any atom is 0.122 e. The molecule has 0 aliphatic carbocycles. The monoisotopic (exact) mass is 235 g/mol. The van der Waals surface area contributed by atoms with Crippen LogP contribution >= 0.6 is 0 Å². The summed E-state index contributed by atoms with van der Waals surface area (Å²) in [6.07, 6.45) is 0. The molecule has 96 valence electrons. The van der Waals surface area contributed by atoms with Crippen LogP contribution in [0.2, 0.25) is 0 Å². The van der Waals surface area contributed by atoms with Gasteiger partial charge >= 0.3 is 0 Å². The standard InChI is InChI=1S/C15H25NO/c1-11(2)15(4,5)10-16-9-13-8-6-7-12(3)14(13)17/h6-8,11,16-17H,9-10H2,1-5H3. The van der Waals surface area contributed by atoms with E-state index in [1.54, 1.807) is 0 Å². The molecule has 0 aromatic heterocycles. The molecule has 0 spiro atoms. The van der Waals surface area contributed by atoms with Crippen LogP contribution in [0.4, 0.5) is 0 Å². The number of nitrogens with one attached hydrogen (secondary N) is 1. The second-order valence-electron chi connectivity index (χ2n) is 5.83. The lowest BCUT2D eigenvalue weighted by atomic mass is 9.81. The van der Waals surface area contributed by atoms with Crippen molar-refractivity contribution < 1.29 is 5.11 Å². The molecule has 0 aliphatic rings. The molecular weight excluding hydrogens is 210 g/mol. The first-order valence-electron chi connectivity index (χ1n) is 6.33. The molecule has 2 N–H and O–H groups in total. The molecule has 0 saturated heterocycles. The molecule has 0 amide bonds. The number of hydrogen-bond donors (Lipinski definition) is 2. The Labute approximate surface area is 105 Å². The fourth-order valence-corrected chi connectivity index (χ4v) is 1.59. The molecule has 1 aromatic carbocycles. The second kappa shape index (κ2) is 5.54. The minimum Gasteiger partial charge on any atom is -0.507 e. The van der Waals surface area contributed by atoms with E-state index in [1.165, 1.54) is 0 Å². The Morgan fingerprint density at radius 3 is 2.53 bits per heavy atom. The first kappa shape index (κ1) is 14.0. The Bertz CT molecular complexity index is 369. The average molecular weight is 235 g/mol. The molecule has 0 aliphatic heterocycles. The van der Waals surface area contributed by atoms with Crippen LogP contribution in [0.1, 0.15) is 38.8 Å². The van der Waals surface area contributed by atoms with Crippen molar-refractivity contribution in [1.29, 1.82) is 0 Å². The van der Waals surface area contributed by atoms with E-state index in [1.807, 2.05) is 25.1 Å². The lowest BCUT2D eigenvalue weighted by Crippen LogP contribution is -2.33. The molecule has 1 rings (SSSR count). The third-order valence-corrected chi connectivity index (χ3v) is 3.78. The number of benzene rings is 1. The minimum atomic E-state index is 0.277. The van der Waals surface area contributed by atoms with E-state index in [0.29, 0.717) is 11.7 Å². The highest BCUT2D eigenvalue weighted by atomic mass is 16.3. The summed E-state index contributed by atoms with van der Waals surface area (Å²) < 4.78 is 0. The SMILES string of the molecule is Cc1cccc(CNCC(C)(C)C(C)C)c1O. The Morgan fingerprint density at radius 2 is 1.94 bits per heavy atom. The van der Waals surface area contributed by atoms with Gasteiger partial charge in [0.1, 0.15) is 5.75 Å². The zero-order valence-corrected chi connectivity index (χ0v) is 11.7. The van der Waals surface area contributed by atoms with Gasteiger partial charge < -0.3 is 10.4 Å². The Morgan fingerprint density at radius 1 is 1.29 bits per heavy atom. The third-order valence-electron chi connectivity index (χ3n) is 3.78. The molecule has 0 atom stereocenters. The van der Waals surface area contributed by atoms with E-state index in [0.717, 1.165) is 24.2 Å². The zero-order chi connectivity index (χ0) is 13.1. The van der Waals surface area contributed by atoms with E-state index < -0.39 is 0 Å². The van der Waals surface area contributed by atoms with Gasteiger partial charge in [-0.15, -0.1) is 0 Å². The van der Waals surface area contributed by atoms with Crippen LogP contribution in [-0.2, 0) is 6.54 Å². The number of aryl methyl sites for hydroxylation is 1. The van der Waals surface area contributed by atoms with Crippen LogP contribution in [0.15, 0.2) is 18.2 Å². The van der Waals surface area contributed by atoms with Crippen LogP contribution < -0.4 is 5.32 Å². The largest absolute Gasteiger partial charge is 0.507 e. The summed E-state index contributed by atoms with van der Waals surface area (Å²) in [6.45, 7) is 12.6. The van der Waals surface area contributed by atoms with Gasteiger partial charge in [0.15, 0.2) is 0 Å². The Balaban J connectivity index is 2.55. The summed E-state index contributed by atoms with van der Waals surface area (Å²) in [6, 6.07) is 5.88. The quantitative estimate of drug-likeness (QED) is 0.819. The van der Waals surface area contributed by atoms with E-state index in [2.05, 4.69) is 33.0 Å². The fraction of sp³-hybridized carbons (Fsp3) is 0.600. The van der Waals surface area contributed by atoms with E-state index in [9.17, 15) is 5.11 Å². The fourth-order valence-electron chi connectivity index (χ4n) is 1.59. The van der Waals surface area contributed by atoms with Crippen LogP contribution in [-0.4, -0.2) is 11.7 Å². The first-order chi connectivity index (χ1) is 7.84. The zero-order valence-electron chi connectivity index (χ0n) is 11.7. The number of rotatable bonds is 5.